The molecule has 0 saturated heterocycles. The van der Waals surface area contributed by atoms with Gasteiger partial charge >= 0.3 is 6.16 Å². The highest BCUT2D eigenvalue weighted by atomic mass is 16.7. The van der Waals surface area contributed by atoms with E-state index in [0.717, 1.165) is 12.0 Å². The van der Waals surface area contributed by atoms with Crippen molar-refractivity contribution in [1.82, 2.24) is 0 Å². The van der Waals surface area contributed by atoms with E-state index in [9.17, 15) is 9.90 Å². The van der Waals surface area contributed by atoms with E-state index >= 15 is 0 Å². The second-order valence-corrected chi connectivity index (χ2v) is 7.16. The van der Waals surface area contributed by atoms with Crippen LogP contribution in [0.2, 0.25) is 0 Å². The molecule has 0 amide bonds. The predicted molar refractivity (Wildman–Crippen MR) is 98.5 cm³/mol. The molecule has 25 heavy (non-hydrogen) atoms. The number of hydrogen-bond acceptors (Lipinski definition) is 4. The van der Waals surface area contributed by atoms with Crippen LogP contribution in [0.25, 0.3) is 0 Å². The van der Waals surface area contributed by atoms with E-state index in [1.165, 1.54) is 44.8 Å². The number of carbonyl (C=O) groups is 1. The normalized spacial score (nSPS) is 23.2. The molecular weight excluding hydrogens is 316 g/mol. The molecule has 1 aliphatic carbocycles. The fraction of sp³-hybridized carbons (Fsp3) is 0.667. The van der Waals surface area contributed by atoms with Gasteiger partial charge in [0.2, 0.25) is 0 Å². The van der Waals surface area contributed by atoms with Crippen molar-refractivity contribution in [1.29, 1.82) is 0 Å². The summed E-state index contributed by atoms with van der Waals surface area (Å²) in [6, 6.07) is 8.40. The van der Waals surface area contributed by atoms with Crippen LogP contribution in [0.5, 0.6) is 0 Å². The molecule has 0 atom stereocenters. The van der Waals surface area contributed by atoms with Crippen LogP contribution < -0.4 is 0 Å². The van der Waals surface area contributed by atoms with E-state index in [1.54, 1.807) is 0 Å². The highest BCUT2D eigenvalue weighted by Crippen LogP contribution is 2.38. The first-order valence-corrected chi connectivity index (χ1v) is 9.64. The molecule has 1 aromatic rings. The van der Waals surface area contributed by atoms with Crippen molar-refractivity contribution in [2.24, 2.45) is 0 Å². The van der Waals surface area contributed by atoms with E-state index in [4.69, 9.17) is 4.74 Å². The summed E-state index contributed by atoms with van der Waals surface area (Å²) in [6.07, 6.45) is 9.28. The Kier molecular flexibility index (Phi) is 7.76. The number of rotatable bonds is 8. The van der Waals surface area contributed by atoms with Crippen LogP contribution >= 0.6 is 0 Å². The molecule has 4 nitrogen and oxygen atoms in total. The lowest BCUT2D eigenvalue weighted by atomic mass is 9.78. The van der Waals surface area contributed by atoms with E-state index < -0.39 is 11.8 Å². The highest BCUT2D eigenvalue weighted by Gasteiger charge is 2.36. The summed E-state index contributed by atoms with van der Waals surface area (Å²) in [6.45, 7) is 2.23. The molecule has 2 rings (SSSR count). The summed E-state index contributed by atoms with van der Waals surface area (Å²) < 4.78 is 9.72. The molecule has 0 spiro atoms. The van der Waals surface area contributed by atoms with Crippen LogP contribution in [0.1, 0.15) is 75.8 Å². The molecule has 0 heterocycles. The molecule has 1 saturated carbocycles. The molecule has 0 radical (unpaired) electrons. The number of benzene rings is 1. The minimum Gasteiger partial charge on any atom is -0.438 e. The molecule has 1 N–H and O–H groups in total. The molecule has 1 aliphatic rings. The first kappa shape index (κ1) is 19.8. The first-order chi connectivity index (χ1) is 12.1. The smallest absolute Gasteiger partial charge is 0.438 e. The van der Waals surface area contributed by atoms with Crippen molar-refractivity contribution in [2.75, 3.05) is 7.11 Å². The summed E-state index contributed by atoms with van der Waals surface area (Å²) in [4.78, 5) is 11.2. The number of hydrogen-bond donors (Lipinski definition) is 1. The van der Waals surface area contributed by atoms with Gasteiger partial charge in [0.15, 0.2) is 0 Å². The second-order valence-electron chi connectivity index (χ2n) is 7.16. The maximum atomic E-state index is 11.2. The summed E-state index contributed by atoms with van der Waals surface area (Å²) in [5, 5.41) is 10.9. The van der Waals surface area contributed by atoms with Crippen LogP contribution in [-0.2, 0) is 21.5 Å². The number of ether oxygens (including phenoxy) is 2. The minimum absolute atomic E-state index is 0.157. The predicted octanol–water partition coefficient (Wildman–Crippen LogP) is 5.11. The lowest BCUT2D eigenvalue weighted by molar-refractivity contribution is -0.0508. The third-order valence-corrected chi connectivity index (χ3v) is 5.25. The van der Waals surface area contributed by atoms with Crippen LogP contribution in [0.15, 0.2) is 24.3 Å². The second kappa shape index (κ2) is 9.81. The number of methoxy groups -OCH3 is 1. The maximum absolute atomic E-state index is 11.2. The highest BCUT2D eigenvalue weighted by molar-refractivity contribution is 5.59. The van der Waals surface area contributed by atoms with Crippen molar-refractivity contribution in [3.05, 3.63) is 35.4 Å². The largest absolute Gasteiger partial charge is 0.508 e. The molecule has 0 unspecified atom stereocenters. The Morgan fingerprint density at radius 1 is 1.12 bits per heavy atom. The van der Waals surface area contributed by atoms with Gasteiger partial charge in [-0.15, -0.1) is 0 Å². The zero-order valence-electron chi connectivity index (χ0n) is 15.6. The number of carbonyl (C=O) groups excluding carboxylic acids is 1. The average Bonchev–Trinajstić information content (AvgIpc) is 2.64. The molecule has 0 aliphatic heterocycles. The zero-order chi connectivity index (χ0) is 18.1. The van der Waals surface area contributed by atoms with Gasteiger partial charge in [-0.05, 0) is 49.7 Å². The quantitative estimate of drug-likeness (QED) is 0.524. The third-order valence-electron chi connectivity index (χ3n) is 5.25. The van der Waals surface area contributed by atoms with Crippen molar-refractivity contribution < 1.29 is 19.4 Å². The Bertz CT molecular complexity index is 515. The molecule has 0 bridgehead atoms. The summed E-state index contributed by atoms with van der Waals surface area (Å²) in [5.41, 5.74) is 1.50. The van der Waals surface area contributed by atoms with Crippen LogP contribution in [0.4, 0.5) is 4.79 Å². The van der Waals surface area contributed by atoms with Crippen molar-refractivity contribution in [2.45, 2.75) is 82.8 Å². The Morgan fingerprint density at radius 3 is 2.36 bits per heavy atom. The van der Waals surface area contributed by atoms with Gasteiger partial charge in [0.25, 0.3) is 0 Å². The summed E-state index contributed by atoms with van der Waals surface area (Å²) in [5.74, 6) is 0. The Labute approximate surface area is 151 Å². The van der Waals surface area contributed by atoms with Gasteiger partial charge in [0.05, 0.1) is 12.7 Å². The summed E-state index contributed by atoms with van der Waals surface area (Å²) in [7, 11) is 1.31. The van der Waals surface area contributed by atoms with Gasteiger partial charge in [-0.1, -0.05) is 56.9 Å². The van der Waals surface area contributed by atoms with Crippen molar-refractivity contribution in [3.63, 3.8) is 0 Å². The van der Waals surface area contributed by atoms with Crippen LogP contribution in [0, 0.1) is 0 Å². The number of aryl methyl sites for hydroxylation is 1. The zero-order valence-corrected chi connectivity index (χ0v) is 15.6. The summed E-state index contributed by atoms with van der Waals surface area (Å²) >= 11 is 0. The van der Waals surface area contributed by atoms with Gasteiger partial charge < -0.3 is 14.6 Å². The maximum Gasteiger partial charge on any atom is 0.508 e. The van der Waals surface area contributed by atoms with Gasteiger partial charge in [-0.3, -0.25) is 0 Å². The fourth-order valence-electron chi connectivity index (χ4n) is 3.57. The van der Waals surface area contributed by atoms with Crippen molar-refractivity contribution in [3.8, 4) is 0 Å². The Balaban J connectivity index is 1.82. The minimum atomic E-state index is -0.810. The van der Waals surface area contributed by atoms with Crippen LogP contribution in [0.3, 0.4) is 0 Å². The SMILES string of the molecule is CCCCCCCc1ccc(C2(O)CCC(OC(=O)OC)CC2)cc1. The molecular formula is C21H32O4. The Hall–Kier alpha value is -1.55. The van der Waals surface area contributed by atoms with Gasteiger partial charge in [0, 0.05) is 0 Å². The van der Waals surface area contributed by atoms with Crippen LogP contribution in [-0.4, -0.2) is 24.5 Å². The van der Waals surface area contributed by atoms with Gasteiger partial charge in [-0.2, -0.15) is 0 Å². The van der Waals surface area contributed by atoms with E-state index in [-0.39, 0.29) is 6.10 Å². The topological polar surface area (TPSA) is 55.8 Å². The lowest BCUT2D eigenvalue weighted by Gasteiger charge is -2.36. The number of unbranched alkanes of at least 4 members (excludes halogenated alkanes) is 4. The molecule has 140 valence electrons. The van der Waals surface area contributed by atoms with Gasteiger partial charge in [0.1, 0.15) is 6.10 Å². The third kappa shape index (κ3) is 6.03. The Morgan fingerprint density at radius 2 is 1.76 bits per heavy atom. The van der Waals surface area contributed by atoms with E-state index in [0.29, 0.717) is 25.7 Å². The fourth-order valence-corrected chi connectivity index (χ4v) is 3.57. The number of aliphatic hydroxyl groups is 1. The molecule has 1 fully saturated rings. The van der Waals surface area contributed by atoms with E-state index in [1.807, 2.05) is 0 Å². The standard InChI is InChI=1S/C21H32O4/c1-3-4-5-6-7-8-17-9-11-18(12-10-17)21(23)15-13-19(14-16-21)25-20(22)24-2/h9-12,19,23H,3-8,13-16H2,1-2H3. The monoisotopic (exact) mass is 348 g/mol. The van der Waals surface area contributed by atoms with E-state index in [2.05, 4.69) is 35.9 Å². The van der Waals surface area contributed by atoms with Crippen molar-refractivity contribution >= 4 is 6.16 Å². The van der Waals surface area contributed by atoms with Gasteiger partial charge in [-0.25, -0.2) is 4.79 Å². The first-order valence-electron chi connectivity index (χ1n) is 9.64. The molecule has 1 aromatic carbocycles. The molecule has 4 heteroatoms. The lowest BCUT2D eigenvalue weighted by Crippen LogP contribution is -2.35. The average molecular weight is 348 g/mol. The molecule has 0 aromatic heterocycles.